The molecule has 10 heteroatoms. The summed E-state index contributed by atoms with van der Waals surface area (Å²) in [7, 11) is 0. The van der Waals surface area contributed by atoms with Crippen LogP contribution in [-0.2, 0) is 0 Å². The Balaban J connectivity index is 1.65. The van der Waals surface area contributed by atoms with Crippen LogP contribution in [0, 0.1) is 12.8 Å². The molecule has 1 aromatic carbocycles. The third kappa shape index (κ3) is 5.38. The summed E-state index contributed by atoms with van der Waals surface area (Å²) in [5.74, 6) is -0.208. The highest BCUT2D eigenvalue weighted by atomic mass is 35.5. The van der Waals surface area contributed by atoms with Crippen molar-refractivity contribution in [3.63, 3.8) is 0 Å². The van der Waals surface area contributed by atoms with Gasteiger partial charge < -0.3 is 14.7 Å². The van der Waals surface area contributed by atoms with Gasteiger partial charge in [-0.05, 0) is 36.8 Å². The van der Waals surface area contributed by atoms with Gasteiger partial charge in [-0.1, -0.05) is 40.9 Å². The van der Waals surface area contributed by atoms with Crippen LogP contribution in [-0.4, -0.2) is 56.9 Å². The van der Waals surface area contributed by atoms with Crippen molar-refractivity contribution in [2.45, 2.75) is 18.9 Å². The molecule has 1 aliphatic heterocycles. The van der Waals surface area contributed by atoms with E-state index in [1.807, 2.05) is 6.07 Å². The predicted molar refractivity (Wildman–Crippen MR) is 126 cm³/mol. The van der Waals surface area contributed by atoms with E-state index in [0.717, 1.165) is 5.56 Å². The molecule has 3 heterocycles. The van der Waals surface area contributed by atoms with E-state index in [0.29, 0.717) is 45.3 Å². The number of hydrogen-bond acceptors (Lipinski definition) is 6. The first kappa shape index (κ1) is 23.7. The summed E-state index contributed by atoms with van der Waals surface area (Å²) in [6.45, 7) is 2.30. The lowest BCUT2D eigenvalue weighted by Gasteiger charge is -2.27. The van der Waals surface area contributed by atoms with Gasteiger partial charge in [0.1, 0.15) is 6.10 Å². The number of hydrogen-bond donors (Lipinski definition) is 1. The molecule has 0 bridgehead atoms. The minimum atomic E-state index is -0.617. The Kier molecular flexibility index (Phi) is 7.34. The van der Waals surface area contributed by atoms with Crippen LogP contribution in [0.4, 0.5) is 0 Å². The van der Waals surface area contributed by atoms with Crippen LogP contribution in [0.1, 0.15) is 27.5 Å². The van der Waals surface area contributed by atoms with Crippen LogP contribution in [0.25, 0.3) is 0 Å². The zero-order valence-electron chi connectivity index (χ0n) is 17.7. The first-order valence-electron chi connectivity index (χ1n) is 10.3. The molecule has 0 spiro atoms. The zero-order valence-corrected chi connectivity index (χ0v) is 19.9. The highest BCUT2D eigenvalue weighted by Crippen LogP contribution is 2.38. The van der Waals surface area contributed by atoms with E-state index in [9.17, 15) is 9.90 Å². The number of benzene rings is 1. The standard InChI is InChI=1S/C23H21Cl3N4O3/c1-13-6-15(8-28-29-13)23(32)30-10-17(14-2-4-19(25)20(26)7-14)18(11-30)21(12-31)33-22-5-3-16(24)9-27-22/h2-9,17-18,21,31H,10-12H2,1H3/t17-,18+,21+/m1/s1. The minimum Gasteiger partial charge on any atom is -0.472 e. The Morgan fingerprint density at radius 3 is 2.64 bits per heavy atom. The van der Waals surface area contributed by atoms with E-state index in [-0.39, 0.29) is 24.3 Å². The Hall–Kier alpha value is -2.45. The van der Waals surface area contributed by atoms with Gasteiger partial charge in [-0.15, -0.1) is 0 Å². The second kappa shape index (κ2) is 10.2. The summed E-state index contributed by atoms with van der Waals surface area (Å²) in [6.07, 6.45) is 2.31. The second-order valence-corrected chi connectivity index (χ2v) is 9.14. The monoisotopic (exact) mass is 506 g/mol. The van der Waals surface area contributed by atoms with Gasteiger partial charge >= 0.3 is 0 Å². The number of aryl methyl sites for hydroxylation is 1. The SMILES string of the molecule is Cc1cc(C(=O)N2C[C@H]([C@H](CO)Oc3ccc(Cl)cn3)[C@@H](c3ccc(Cl)c(Cl)c3)C2)cnn1. The van der Waals surface area contributed by atoms with E-state index in [4.69, 9.17) is 39.5 Å². The van der Waals surface area contributed by atoms with Crippen molar-refractivity contribution in [3.05, 3.63) is 80.7 Å². The molecule has 0 saturated carbocycles. The fraction of sp³-hybridized carbons (Fsp3) is 0.304. The average molecular weight is 508 g/mol. The lowest BCUT2D eigenvalue weighted by atomic mass is 9.85. The third-order valence-corrected chi connectivity index (χ3v) is 6.64. The molecule has 0 aliphatic carbocycles. The molecule has 33 heavy (non-hydrogen) atoms. The fourth-order valence-corrected chi connectivity index (χ4v) is 4.51. The number of halogens is 3. The van der Waals surface area contributed by atoms with Gasteiger partial charge in [0.05, 0.1) is 39.1 Å². The molecule has 172 valence electrons. The van der Waals surface area contributed by atoms with Crippen LogP contribution in [0.5, 0.6) is 5.88 Å². The normalized spacial score (nSPS) is 18.9. The van der Waals surface area contributed by atoms with Gasteiger partial charge in [0.25, 0.3) is 5.91 Å². The molecular weight excluding hydrogens is 487 g/mol. The van der Waals surface area contributed by atoms with Crippen molar-refractivity contribution >= 4 is 40.7 Å². The Labute approximate surface area is 206 Å². The first-order valence-corrected chi connectivity index (χ1v) is 11.4. The maximum atomic E-state index is 13.2. The molecule has 3 aromatic rings. The largest absolute Gasteiger partial charge is 0.472 e. The molecule has 1 amide bonds. The summed E-state index contributed by atoms with van der Waals surface area (Å²) in [5.41, 5.74) is 2.01. The highest BCUT2D eigenvalue weighted by molar-refractivity contribution is 6.42. The van der Waals surface area contributed by atoms with Crippen molar-refractivity contribution in [1.82, 2.24) is 20.1 Å². The number of aromatic nitrogens is 3. The first-order chi connectivity index (χ1) is 15.9. The van der Waals surface area contributed by atoms with Gasteiger partial charge in [0, 0.05) is 37.2 Å². The summed E-state index contributed by atoms with van der Waals surface area (Å²) < 4.78 is 6.02. The summed E-state index contributed by atoms with van der Waals surface area (Å²) in [4.78, 5) is 19.1. The van der Waals surface area contributed by atoms with Gasteiger partial charge in [0.15, 0.2) is 0 Å². The number of carbonyl (C=O) groups excluding carboxylic acids is 1. The molecule has 0 unspecified atom stereocenters. The zero-order chi connectivity index (χ0) is 23.5. The summed E-state index contributed by atoms with van der Waals surface area (Å²) >= 11 is 18.3. The van der Waals surface area contributed by atoms with Crippen molar-refractivity contribution in [1.29, 1.82) is 0 Å². The number of likely N-dealkylation sites (tertiary alicyclic amines) is 1. The maximum Gasteiger partial charge on any atom is 0.255 e. The molecule has 1 fully saturated rings. The molecule has 1 aliphatic rings. The van der Waals surface area contributed by atoms with Crippen molar-refractivity contribution in [2.24, 2.45) is 5.92 Å². The molecule has 7 nitrogen and oxygen atoms in total. The molecule has 2 aromatic heterocycles. The number of aliphatic hydroxyl groups is 1. The smallest absolute Gasteiger partial charge is 0.255 e. The van der Waals surface area contributed by atoms with Crippen LogP contribution in [0.2, 0.25) is 15.1 Å². The average Bonchev–Trinajstić information content (AvgIpc) is 3.25. The number of carbonyl (C=O) groups is 1. The molecule has 0 radical (unpaired) electrons. The second-order valence-electron chi connectivity index (χ2n) is 7.89. The number of rotatable bonds is 6. The van der Waals surface area contributed by atoms with E-state index < -0.39 is 6.10 Å². The summed E-state index contributed by atoms with van der Waals surface area (Å²) in [6, 6.07) is 10.4. The van der Waals surface area contributed by atoms with Gasteiger partial charge in [-0.25, -0.2) is 4.98 Å². The maximum absolute atomic E-state index is 13.2. The van der Waals surface area contributed by atoms with Crippen molar-refractivity contribution < 1.29 is 14.6 Å². The lowest BCUT2D eigenvalue weighted by Crippen LogP contribution is -2.36. The molecular formula is C23H21Cl3N4O3. The van der Waals surface area contributed by atoms with E-state index in [2.05, 4.69) is 15.2 Å². The van der Waals surface area contributed by atoms with Crippen LogP contribution in [0.3, 0.4) is 0 Å². The van der Waals surface area contributed by atoms with Gasteiger partial charge in [-0.3, -0.25) is 4.79 Å². The van der Waals surface area contributed by atoms with E-state index >= 15 is 0 Å². The Morgan fingerprint density at radius 2 is 1.97 bits per heavy atom. The van der Waals surface area contributed by atoms with Gasteiger partial charge in [0.2, 0.25) is 5.88 Å². The third-order valence-electron chi connectivity index (χ3n) is 5.68. The molecule has 1 N–H and O–H groups in total. The highest BCUT2D eigenvalue weighted by Gasteiger charge is 2.42. The van der Waals surface area contributed by atoms with Crippen LogP contribution < -0.4 is 4.74 Å². The predicted octanol–water partition coefficient (Wildman–Crippen LogP) is 4.44. The quantitative estimate of drug-likeness (QED) is 0.531. The topological polar surface area (TPSA) is 88.4 Å². The number of nitrogens with zero attached hydrogens (tertiary/aromatic N) is 4. The molecule has 1 saturated heterocycles. The Morgan fingerprint density at radius 1 is 1.15 bits per heavy atom. The fourth-order valence-electron chi connectivity index (χ4n) is 4.09. The van der Waals surface area contributed by atoms with Crippen molar-refractivity contribution in [3.8, 4) is 5.88 Å². The summed E-state index contributed by atoms with van der Waals surface area (Å²) in [5, 5.41) is 19.4. The van der Waals surface area contributed by atoms with Gasteiger partial charge in [-0.2, -0.15) is 10.2 Å². The molecule has 4 rings (SSSR count). The van der Waals surface area contributed by atoms with Crippen LogP contribution in [0.15, 0.2) is 48.8 Å². The molecule has 3 atom stereocenters. The number of ether oxygens (including phenoxy) is 1. The number of aliphatic hydroxyl groups excluding tert-OH is 1. The minimum absolute atomic E-state index is 0.149. The number of amides is 1. The van der Waals surface area contributed by atoms with Crippen LogP contribution >= 0.6 is 34.8 Å². The lowest BCUT2D eigenvalue weighted by molar-refractivity contribution is 0.0578. The van der Waals surface area contributed by atoms with E-state index in [1.54, 1.807) is 42.2 Å². The number of pyridine rings is 1. The van der Waals surface area contributed by atoms with E-state index in [1.165, 1.54) is 12.4 Å². The van der Waals surface area contributed by atoms with Crippen molar-refractivity contribution in [2.75, 3.05) is 19.7 Å². The Bertz CT molecular complexity index is 1150.